The molecule has 128 valence electrons. The number of amides is 2. The fraction of sp³-hybridized carbons (Fsp3) is 0.444. The lowest BCUT2D eigenvalue weighted by molar-refractivity contribution is -0.139. The molecule has 1 fully saturated rings. The van der Waals surface area contributed by atoms with Gasteiger partial charge in [0.15, 0.2) is 0 Å². The second-order valence-corrected chi connectivity index (χ2v) is 6.03. The predicted molar refractivity (Wildman–Crippen MR) is 87.0 cm³/mol. The molecule has 0 heterocycles. The highest BCUT2D eigenvalue weighted by molar-refractivity contribution is 5.90. The predicted octanol–water partition coefficient (Wildman–Crippen LogP) is 1.06. The van der Waals surface area contributed by atoms with Gasteiger partial charge in [-0.3, -0.25) is 9.59 Å². The van der Waals surface area contributed by atoms with Gasteiger partial charge in [-0.1, -0.05) is 18.1 Å². The molecule has 0 bridgehead atoms. The Morgan fingerprint density at radius 3 is 2.54 bits per heavy atom. The van der Waals surface area contributed by atoms with E-state index in [0.717, 1.165) is 12.8 Å². The monoisotopic (exact) mass is 332 g/mol. The number of nitrogens with zero attached hydrogens (tertiary/aromatic N) is 1. The molecule has 0 radical (unpaired) electrons. The summed E-state index contributed by atoms with van der Waals surface area (Å²) in [6, 6.07) is 4.68. The zero-order chi connectivity index (χ0) is 17.7. The Balaban J connectivity index is 2.10. The zero-order valence-electron chi connectivity index (χ0n) is 13.5. The molecule has 1 aliphatic rings. The third kappa shape index (κ3) is 4.80. The highest BCUT2D eigenvalue weighted by Gasteiger charge is 2.35. The number of nitrogens with one attached hydrogen (secondary N) is 1. The van der Waals surface area contributed by atoms with Crippen molar-refractivity contribution in [2.75, 3.05) is 6.54 Å². The maximum Gasteiger partial charge on any atom is 0.248 e. The first-order valence-electron chi connectivity index (χ1n) is 7.87. The normalized spacial score (nSPS) is 15.9. The Morgan fingerprint density at radius 1 is 1.42 bits per heavy atom. The maximum atomic E-state index is 13.0. The summed E-state index contributed by atoms with van der Waals surface area (Å²) in [5.41, 5.74) is 0.706. The third-order valence-electron chi connectivity index (χ3n) is 3.87. The van der Waals surface area contributed by atoms with E-state index in [2.05, 4.69) is 11.2 Å². The summed E-state index contributed by atoms with van der Waals surface area (Å²) in [5.74, 6) is 1.28. The van der Waals surface area contributed by atoms with Crippen LogP contribution in [0.5, 0.6) is 0 Å². The van der Waals surface area contributed by atoms with E-state index in [1.807, 2.05) is 0 Å². The van der Waals surface area contributed by atoms with Gasteiger partial charge in [-0.05, 0) is 37.5 Å². The van der Waals surface area contributed by atoms with E-state index in [1.54, 1.807) is 12.1 Å². The Morgan fingerprint density at radius 2 is 2.04 bits per heavy atom. The van der Waals surface area contributed by atoms with Crippen molar-refractivity contribution in [3.8, 4) is 12.3 Å². The van der Waals surface area contributed by atoms with Crippen LogP contribution in [0, 0.1) is 24.1 Å². The van der Waals surface area contributed by atoms with Gasteiger partial charge in [-0.15, -0.1) is 6.42 Å². The molecule has 1 saturated carbocycles. The lowest BCUT2D eigenvalue weighted by Gasteiger charge is -2.28. The summed E-state index contributed by atoms with van der Waals surface area (Å²) in [6.07, 6.45) is 5.88. The summed E-state index contributed by atoms with van der Waals surface area (Å²) in [7, 11) is 0. The van der Waals surface area contributed by atoms with Crippen LogP contribution in [0.25, 0.3) is 0 Å². The summed E-state index contributed by atoms with van der Waals surface area (Å²) in [4.78, 5) is 26.0. The first-order valence-corrected chi connectivity index (χ1v) is 7.87. The molecule has 0 saturated heterocycles. The maximum absolute atomic E-state index is 13.0. The Labute approximate surface area is 140 Å². The van der Waals surface area contributed by atoms with E-state index in [4.69, 9.17) is 6.42 Å². The number of hydrogen-bond acceptors (Lipinski definition) is 3. The molecule has 24 heavy (non-hydrogen) atoms. The van der Waals surface area contributed by atoms with Crippen LogP contribution in [-0.4, -0.2) is 40.5 Å². The molecule has 1 aromatic rings. The van der Waals surface area contributed by atoms with Crippen molar-refractivity contribution < 1.29 is 19.1 Å². The van der Waals surface area contributed by atoms with Crippen molar-refractivity contribution in [1.29, 1.82) is 0 Å². The number of benzene rings is 1. The van der Waals surface area contributed by atoms with Crippen molar-refractivity contribution in [2.24, 2.45) is 5.92 Å². The van der Waals surface area contributed by atoms with E-state index in [-0.39, 0.29) is 30.7 Å². The van der Waals surface area contributed by atoms with E-state index < -0.39 is 18.1 Å². The standard InChI is InChI=1S/C18H21FN2O3/c1-3-10-21(11-13-4-8-15(19)9-5-13)18(24)16(12(2)22)20-17(23)14-6-7-14/h1,4-5,8-9,12,14,16,22H,6-7,10-11H2,2H3,(H,20,23). The van der Waals surface area contributed by atoms with Crippen LogP contribution >= 0.6 is 0 Å². The van der Waals surface area contributed by atoms with Crippen LogP contribution < -0.4 is 5.32 Å². The summed E-state index contributed by atoms with van der Waals surface area (Å²) < 4.78 is 13.0. The molecule has 2 amide bonds. The lowest BCUT2D eigenvalue weighted by atomic mass is 10.1. The van der Waals surface area contributed by atoms with Crippen molar-refractivity contribution in [2.45, 2.75) is 38.5 Å². The zero-order valence-corrected chi connectivity index (χ0v) is 13.5. The van der Waals surface area contributed by atoms with Crippen LogP contribution in [-0.2, 0) is 16.1 Å². The molecule has 2 unspecified atom stereocenters. The molecule has 1 aromatic carbocycles. The highest BCUT2D eigenvalue weighted by Crippen LogP contribution is 2.29. The van der Waals surface area contributed by atoms with Crippen LogP contribution in [0.1, 0.15) is 25.3 Å². The number of carbonyl (C=O) groups excluding carboxylic acids is 2. The van der Waals surface area contributed by atoms with E-state index in [0.29, 0.717) is 5.56 Å². The molecule has 0 aromatic heterocycles. The molecular formula is C18H21FN2O3. The molecule has 2 atom stereocenters. The fourth-order valence-electron chi connectivity index (χ4n) is 2.33. The number of carbonyl (C=O) groups is 2. The SMILES string of the molecule is C#CCN(Cc1ccc(F)cc1)C(=O)C(NC(=O)C1CC1)C(C)O. The van der Waals surface area contributed by atoms with E-state index >= 15 is 0 Å². The summed E-state index contributed by atoms with van der Waals surface area (Å²) >= 11 is 0. The number of aliphatic hydroxyl groups excluding tert-OH is 1. The van der Waals surface area contributed by atoms with Crippen LogP contribution in [0.15, 0.2) is 24.3 Å². The Kier molecular flexibility index (Phi) is 5.93. The molecule has 0 spiro atoms. The molecule has 2 rings (SSSR count). The first kappa shape index (κ1) is 18.0. The lowest BCUT2D eigenvalue weighted by Crippen LogP contribution is -2.54. The van der Waals surface area contributed by atoms with Gasteiger partial charge in [-0.2, -0.15) is 0 Å². The highest BCUT2D eigenvalue weighted by atomic mass is 19.1. The van der Waals surface area contributed by atoms with Crippen LogP contribution in [0.4, 0.5) is 4.39 Å². The third-order valence-corrected chi connectivity index (χ3v) is 3.87. The minimum absolute atomic E-state index is 0.0265. The van der Waals surface area contributed by atoms with E-state index in [9.17, 15) is 19.1 Å². The summed E-state index contributed by atoms with van der Waals surface area (Å²) in [6.45, 7) is 1.65. The molecule has 1 aliphatic carbocycles. The Hall–Kier alpha value is -2.39. The van der Waals surface area contributed by atoms with Gasteiger partial charge in [-0.25, -0.2) is 4.39 Å². The minimum atomic E-state index is -1.05. The van der Waals surface area contributed by atoms with Gasteiger partial charge in [0.25, 0.3) is 0 Å². The Bertz CT molecular complexity index is 633. The average molecular weight is 332 g/mol. The number of rotatable bonds is 7. The van der Waals surface area contributed by atoms with Crippen molar-refractivity contribution in [1.82, 2.24) is 10.2 Å². The van der Waals surface area contributed by atoms with Crippen LogP contribution in [0.3, 0.4) is 0 Å². The molecule has 6 heteroatoms. The number of aliphatic hydroxyl groups is 1. The number of hydrogen-bond donors (Lipinski definition) is 2. The quantitative estimate of drug-likeness (QED) is 0.734. The smallest absolute Gasteiger partial charge is 0.248 e. The summed E-state index contributed by atoms with van der Waals surface area (Å²) in [5, 5.41) is 12.5. The van der Waals surface area contributed by atoms with Gasteiger partial charge < -0.3 is 15.3 Å². The average Bonchev–Trinajstić information content (AvgIpc) is 3.38. The molecule has 0 aliphatic heterocycles. The fourth-order valence-corrected chi connectivity index (χ4v) is 2.33. The second-order valence-electron chi connectivity index (χ2n) is 6.03. The van der Waals surface area contributed by atoms with Gasteiger partial charge in [0.1, 0.15) is 11.9 Å². The van der Waals surface area contributed by atoms with Crippen LogP contribution in [0.2, 0.25) is 0 Å². The first-order chi connectivity index (χ1) is 11.4. The number of terminal acetylenes is 1. The molecule has 5 nitrogen and oxygen atoms in total. The number of halogens is 1. The topological polar surface area (TPSA) is 69.6 Å². The van der Waals surface area contributed by atoms with Gasteiger partial charge in [0.2, 0.25) is 11.8 Å². The largest absolute Gasteiger partial charge is 0.391 e. The minimum Gasteiger partial charge on any atom is -0.391 e. The van der Waals surface area contributed by atoms with Gasteiger partial charge in [0, 0.05) is 12.5 Å². The molecule has 2 N–H and O–H groups in total. The van der Waals surface area contributed by atoms with Crippen molar-refractivity contribution in [3.63, 3.8) is 0 Å². The van der Waals surface area contributed by atoms with Gasteiger partial charge in [0.05, 0.1) is 12.6 Å². The second kappa shape index (κ2) is 7.93. The molecular weight excluding hydrogens is 311 g/mol. The van der Waals surface area contributed by atoms with Gasteiger partial charge >= 0.3 is 0 Å². The van der Waals surface area contributed by atoms with E-state index in [1.165, 1.54) is 24.0 Å². The van der Waals surface area contributed by atoms with Crippen molar-refractivity contribution >= 4 is 11.8 Å². The van der Waals surface area contributed by atoms with Crippen molar-refractivity contribution in [3.05, 3.63) is 35.6 Å².